The van der Waals surface area contributed by atoms with Crippen LogP contribution in [0.15, 0.2) is 23.8 Å². The third-order valence-electron chi connectivity index (χ3n) is 5.49. The Morgan fingerprint density at radius 1 is 1.17 bits per heavy atom. The van der Waals surface area contributed by atoms with Crippen molar-refractivity contribution in [1.29, 1.82) is 0 Å². The molecule has 0 aromatic carbocycles. The first kappa shape index (κ1) is 18.8. The van der Waals surface area contributed by atoms with E-state index in [1.165, 1.54) is 12.0 Å². The van der Waals surface area contributed by atoms with Crippen LogP contribution in [0.3, 0.4) is 0 Å². The number of carbonyl (C=O) groups excluding carboxylic acids is 2. The number of ether oxygens (including phenoxy) is 2. The Morgan fingerprint density at radius 2 is 1.88 bits per heavy atom. The fraction of sp³-hybridized carbons (Fsp3) is 0.700. The van der Waals surface area contributed by atoms with Crippen LogP contribution in [-0.2, 0) is 19.1 Å². The van der Waals surface area contributed by atoms with Gasteiger partial charge in [-0.25, -0.2) is 9.59 Å². The van der Waals surface area contributed by atoms with Gasteiger partial charge in [-0.1, -0.05) is 46.1 Å². The van der Waals surface area contributed by atoms with Gasteiger partial charge in [0.2, 0.25) is 0 Å². The molecule has 24 heavy (non-hydrogen) atoms. The summed E-state index contributed by atoms with van der Waals surface area (Å²) in [6.45, 7) is 7.49. The molecule has 0 spiro atoms. The lowest BCUT2D eigenvalue weighted by Gasteiger charge is -2.55. The van der Waals surface area contributed by atoms with E-state index in [2.05, 4.69) is 26.8 Å². The summed E-state index contributed by atoms with van der Waals surface area (Å²) >= 11 is 0. The van der Waals surface area contributed by atoms with Gasteiger partial charge in [-0.15, -0.1) is 0 Å². The van der Waals surface area contributed by atoms with Gasteiger partial charge in [0.25, 0.3) is 0 Å². The molecule has 0 N–H and O–H groups in total. The zero-order chi connectivity index (χ0) is 17.6. The minimum atomic E-state index is -0.489. The third kappa shape index (κ3) is 4.96. The molecule has 2 unspecified atom stereocenters. The summed E-state index contributed by atoms with van der Waals surface area (Å²) in [6.07, 6.45) is 11.1. The zero-order valence-corrected chi connectivity index (χ0v) is 15.2. The van der Waals surface area contributed by atoms with Crippen LogP contribution in [-0.4, -0.2) is 25.2 Å². The first-order valence-corrected chi connectivity index (χ1v) is 9.14. The van der Waals surface area contributed by atoms with E-state index in [0.717, 1.165) is 44.3 Å². The summed E-state index contributed by atoms with van der Waals surface area (Å²) in [5.74, 6) is 0.350. The van der Waals surface area contributed by atoms with E-state index < -0.39 is 11.9 Å². The highest BCUT2D eigenvalue weighted by Gasteiger charge is 2.49. The molecule has 0 radical (unpaired) electrons. The lowest BCUT2D eigenvalue weighted by molar-refractivity contribution is -0.140. The predicted molar refractivity (Wildman–Crippen MR) is 93.3 cm³/mol. The Balaban J connectivity index is 1.62. The van der Waals surface area contributed by atoms with Crippen molar-refractivity contribution >= 4 is 11.9 Å². The lowest BCUT2D eigenvalue weighted by Crippen LogP contribution is -2.47. The molecule has 0 aliphatic heterocycles. The molecule has 3 aliphatic carbocycles. The van der Waals surface area contributed by atoms with Gasteiger partial charge in [0.1, 0.15) is 6.61 Å². The van der Waals surface area contributed by atoms with Crippen molar-refractivity contribution in [1.82, 2.24) is 0 Å². The molecule has 3 rings (SSSR count). The largest absolute Gasteiger partial charge is 0.463 e. The molecule has 1 fully saturated rings. The average Bonchev–Trinajstić information content (AvgIpc) is 2.58. The van der Waals surface area contributed by atoms with Crippen molar-refractivity contribution in [2.75, 3.05) is 13.2 Å². The maximum Gasteiger partial charge on any atom is 0.331 e. The highest BCUT2D eigenvalue weighted by atomic mass is 16.5. The number of carbonyl (C=O) groups is 2. The number of unbranched alkanes of at least 4 members (excludes halogenated alkanes) is 3. The summed E-state index contributed by atoms with van der Waals surface area (Å²) in [6, 6.07) is 0. The van der Waals surface area contributed by atoms with Crippen molar-refractivity contribution in [2.24, 2.45) is 17.3 Å². The minimum absolute atomic E-state index is 0.332. The second kappa shape index (κ2) is 8.50. The summed E-state index contributed by atoms with van der Waals surface area (Å²) in [5.41, 5.74) is 1.60. The van der Waals surface area contributed by atoms with Crippen LogP contribution >= 0.6 is 0 Å². The standard InChI is InChI=1S/C20H30O4/c1-4-5-6-7-10-23-18(21)8-9-19(22)24-14-15-11-16-13-17(12-15)20(16,2)3/h8-9,11,16-17H,4-7,10,12-14H2,1-3H3/b9-8+. The molecule has 2 bridgehead atoms. The number of fused-ring (bicyclic) bond motifs is 1. The van der Waals surface area contributed by atoms with Gasteiger partial charge in [0.15, 0.2) is 0 Å². The third-order valence-corrected chi connectivity index (χ3v) is 5.49. The second-order valence-corrected chi connectivity index (χ2v) is 7.56. The fourth-order valence-electron chi connectivity index (χ4n) is 3.56. The van der Waals surface area contributed by atoms with E-state index >= 15 is 0 Å². The highest BCUT2D eigenvalue weighted by Crippen LogP contribution is 2.57. The van der Waals surface area contributed by atoms with Crippen LogP contribution in [0.4, 0.5) is 0 Å². The quantitative estimate of drug-likeness (QED) is 0.274. The zero-order valence-electron chi connectivity index (χ0n) is 15.2. The fourth-order valence-corrected chi connectivity index (χ4v) is 3.56. The number of allylic oxidation sites excluding steroid dienone is 1. The molecule has 0 aromatic heterocycles. The monoisotopic (exact) mass is 334 g/mol. The molecular formula is C20H30O4. The van der Waals surface area contributed by atoms with E-state index in [9.17, 15) is 9.59 Å². The Labute approximate surface area is 145 Å². The van der Waals surface area contributed by atoms with Crippen LogP contribution in [0, 0.1) is 17.3 Å². The van der Waals surface area contributed by atoms with Gasteiger partial charge in [0.05, 0.1) is 6.61 Å². The average molecular weight is 334 g/mol. The van der Waals surface area contributed by atoms with Gasteiger partial charge in [-0.05, 0) is 42.1 Å². The number of hydrogen-bond donors (Lipinski definition) is 0. The van der Waals surface area contributed by atoms with Crippen molar-refractivity contribution in [3.8, 4) is 0 Å². The van der Waals surface area contributed by atoms with E-state index in [1.807, 2.05) is 0 Å². The maximum atomic E-state index is 11.7. The van der Waals surface area contributed by atoms with Gasteiger partial charge >= 0.3 is 11.9 Å². The van der Waals surface area contributed by atoms with Crippen LogP contribution in [0.5, 0.6) is 0 Å². The molecule has 0 aromatic rings. The van der Waals surface area contributed by atoms with E-state index in [4.69, 9.17) is 9.47 Å². The second-order valence-electron chi connectivity index (χ2n) is 7.56. The SMILES string of the molecule is CCCCCCOC(=O)/C=C/C(=O)OCC1=CC2CC(C1)C2(C)C. The van der Waals surface area contributed by atoms with E-state index in [1.54, 1.807) is 0 Å². The number of hydrogen-bond acceptors (Lipinski definition) is 4. The normalized spacial score (nSPS) is 24.2. The molecule has 2 atom stereocenters. The Hall–Kier alpha value is -1.58. The molecule has 0 saturated heterocycles. The summed E-state index contributed by atoms with van der Waals surface area (Å²) in [4.78, 5) is 23.2. The first-order valence-electron chi connectivity index (χ1n) is 9.14. The molecule has 4 heteroatoms. The smallest absolute Gasteiger partial charge is 0.331 e. The molecule has 0 amide bonds. The summed E-state index contributed by atoms with van der Waals surface area (Å²) < 4.78 is 10.3. The Kier molecular flexibility index (Phi) is 6.64. The molecule has 0 heterocycles. The van der Waals surface area contributed by atoms with Crippen molar-refractivity contribution < 1.29 is 19.1 Å². The van der Waals surface area contributed by atoms with Crippen molar-refractivity contribution in [3.63, 3.8) is 0 Å². The molecule has 134 valence electrons. The lowest BCUT2D eigenvalue weighted by atomic mass is 9.50. The topological polar surface area (TPSA) is 52.6 Å². The van der Waals surface area contributed by atoms with Gasteiger partial charge in [-0.3, -0.25) is 0 Å². The van der Waals surface area contributed by atoms with Crippen LogP contribution in [0.25, 0.3) is 0 Å². The van der Waals surface area contributed by atoms with Crippen LogP contribution in [0.2, 0.25) is 0 Å². The van der Waals surface area contributed by atoms with Gasteiger partial charge < -0.3 is 9.47 Å². The van der Waals surface area contributed by atoms with Gasteiger partial charge in [0, 0.05) is 12.2 Å². The first-order chi connectivity index (χ1) is 11.4. The Bertz CT molecular complexity index is 516. The Morgan fingerprint density at radius 3 is 2.46 bits per heavy atom. The number of esters is 2. The summed E-state index contributed by atoms with van der Waals surface area (Å²) in [7, 11) is 0. The molecule has 3 aliphatic rings. The van der Waals surface area contributed by atoms with Crippen molar-refractivity contribution in [3.05, 3.63) is 23.8 Å². The predicted octanol–water partition coefficient (Wildman–Crippen LogP) is 4.20. The van der Waals surface area contributed by atoms with Gasteiger partial charge in [-0.2, -0.15) is 0 Å². The van der Waals surface area contributed by atoms with Crippen LogP contribution < -0.4 is 0 Å². The highest BCUT2D eigenvalue weighted by molar-refractivity contribution is 5.91. The minimum Gasteiger partial charge on any atom is -0.463 e. The van der Waals surface area contributed by atoms with Crippen molar-refractivity contribution in [2.45, 2.75) is 59.3 Å². The molecule has 4 nitrogen and oxygen atoms in total. The van der Waals surface area contributed by atoms with E-state index in [-0.39, 0.29) is 0 Å². The van der Waals surface area contributed by atoms with Crippen LogP contribution in [0.1, 0.15) is 59.3 Å². The molecular weight excluding hydrogens is 304 g/mol. The number of rotatable bonds is 9. The maximum absolute atomic E-state index is 11.7. The summed E-state index contributed by atoms with van der Waals surface area (Å²) in [5, 5.41) is 0. The molecule has 1 saturated carbocycles. The van der Waals surface area contributed by atoms with E-state index in [0.29, 0.717) is 30.5 Å².